The number of thioether (sulfide) groups is 1. The first-order chi connectivity index (χ1) is 14.1. The summed E-state index contributed by atoms with van der Waals surface area (Å²) in [6.45, 7) is 8.09. The smallest absolute Gasteiger partial charge is 0.251 e. The van der Waals surface area contributed by atoms with Crippen LogP contribution < -0.4 is 15.5 Å². The van der Waals surface area contributed by atoms with E-state index in [4.69, 9.17) is 4.74 Å². The SMILES string of the molecule is CCNC(=O)c1cccc(NC(=O)CSc2nnc(N3CCOCC3)n2CC)c1. The normalized spacial score (nSPS) is 13.9. The van der Waals surface area contributed by atoms with E-state index in [-0.39, 0.29) is 17.6 Å². The Morgan fingerprint density at radius 2 is 2.00 bits per heavy atom. The molecule has 1 aliphatic rings. The van der Waals surface area contributed by atoms with Crippen molar-refractivity contribution in [2.24, 2.45) is 0 Å². The van der Waals surface area contributed by atoms with Crippen LogP contribution in [0.15, 0.2) is 29.4 Å². The molecule has 1 aromatic carbocycles. The summed E-state index contributed by atoms with van der Waals surface area (Å²) in [6.07, 6.45) is 0. The van der Waals surface area contributed by atoms with Crippen molar-refractivity contribution in [1.29, 1.82) is 0 Å². The van der Waals surface area contributed by atoms with Crippen LogP contribution in [0.25, 0.3) is 0 Å². The Kier molecular flexibility index (Phi) is 7.48. The van der Waals surface area contributed by atoms with Gasteiger partial charge in [0.25, 0.3) is 5.91 Å². The number of nitrogens with one attached hydrogen (secondary N) is 2. The maximum atomic E-state index is 12.4. The van der Waals surface area contributed by atoms with Crippen LogP contribution >= 0.6 is 11.8 Å². The van der Waals surface area contributed by atoms with Gasteiger partial charge in [0, 0.05) is 37.4 Å². The molecule has 2 N–H and O–H groups in total. The van der Waals surface area contributed by atoms with Crippen molar-refractivity contribution in [3.8, 4) is 0 Å². The topological polar surface area (TPSA) is 101 Å². The van der Waals surface area contributed by atoms with Crippen molar-refractivity contribution in [1.82, 2.24) is 20.1 Å². The van der Waals surface area contributed by atoms with Crippen LogP contribution in [0.2, 0.25) is 0 Å². The van der Waals surface area contributed by atoms with E-state index in [0.29, 0.717) is 36.2 Å². The summed E-state index contributed by atoms with van der Waals surface area (Å²) in [4.78, 5) is 26.5. The van der Waals surface area contributed by atoms with E-state index < -0.39 is 0 Å². The highest BCUT2D eigenvalue weighted by molar-refractivity contribution is 7.99. The first-order valence-corrected chi connectivity index (χ1v) is 10.7. The number of morpholine rings is 1. The zero-order valence-electron chi connectivity index (χ0n) is 16.7. The van der Waals surface area contributed by atoms with Crippen LogP contribution in [0.5, 0.6) is 0 Å². The molecule has 0 radical (unpaired) electrons. The lowest BCUT2D eigenvalue weighted by Crippen LogP contribution is -2.38. The number of ether oxygens (including phenoxy) is 1. The lowest BCUT2D eigenvalue weighted by atomic mass is 10.2. The van der Waals surface area contributed by atoms with Crippen molar-refractivity contribution in [3.05, 3.63) is 29.8 Å². The quantitative estimate of drug-likeness (QED) is 0.628. The van der Waals surface area contributed by atoms with Crippen LogP contribution in [0.1, 0.15) is 24.2 Å². The number of benzene rings is 1. The molecule has 2 aromatic rings. The fourth-order valence-corrected chi connectivity index (χ4v) is 3.79. The van der Waals surface area contributed by atoms with Crippen LogP contribution in [0, 0.1) is 0 Å². The van der Waals surface area contributed by atoms with Gasteiger partial charge in [0.15, 0.2) is 5.16 Å². The molecule has 0 spiro atoms. The minimum Gasteiger partial charge on any atom is -0.378 e. The molecule has 1 saturated heterocycles. The van der Waals surface area contributed by atoms with Crippen LogP contribution in [0.3, 0.4) is 0 Å². The minimum atomic E-state index is -0.165. The second-order valence-electron chi connectivity index (χ2n) is 6.40. The zero-order valence-corrected chi connectivity index (χ0v) is 17.5. The van der Waals surface area contributed by atoms with Gasteiger partial charge in [-0.15, -0.1) is 10.2 Å². The number of carbonyl (C=O) groups excluding carboxylic acids is 2. The average Bonchev–Trinajstić information content (AvgIpc) is 3.16. The molecule has 2 amide bonds. The fourth-order valence-electron chi connectivity index (χ4n) is 2.99. The summed E-state index contributed by atoms with van der Waals surface area (Å²) >= 11 is 1.34. The summed E-state index contributed by atoms with van der Waals surface area (Å²) < 4.78 is 7.40. The van der Waals surface area contributed by atoms with Gasteiger partial charge in [0.1, 0.15) is 0 Å². The standard InChI is InChI=1S/C19H26N6O3S/c1-3-20-17(27)14-6-5-7-15(12-14)21-16(26)13-29-19-23-22-18(25(19)4-2)24-8-10-28-11-9-24/h5-7,12H,3-4,8-11,13H2,1-2H3,(H,20,27)(H,21,26). The van der Waals surface area contributed by atoms with Crippen LogP contribution in [-0.4, -0.2) is 65.2 Å². The van der Waals surface area contributed by atoms with Gasteiger partial charge in [-0.1, -0.05) is 17.8 Å². The Bertz CT molecular complexity index is 850. The number of aromatic nitrogens is 3. The molecule has 9 nitrogen and oxygen atoms in total. The highest BCUT2D eigenvalue weighted by Gasteiger charge is 2.20. The lowest BCUT2D eigenvalue weighted by molar-refractivity contribution is -0.113. The van der Waals surface area contributed by atoms with E-state index in [1.807, 2.05) is 18.4 Å². The van der Waals surface area contributed by atoms with Crippen molar-refractivity contribution in [3.63, 3.8) is 0 Å². The zero-order chi connectivity index (χ0) is 20.6. The molecule has 1 fully saturated rings. The molecule has 29 heavy (non-hydrogen) atoms. The van der Waals surface area contributed by atoms with E-state index in [9.17, 15) is 9.59 Å². The second kappa shape index (κ2) is 10.3. The van der Waals surface area contributed by atoms with Crippen LogP contribution in [-0.2, 0) is 16.1 Å². The molecule has 0 atom stereocenters. The van der Waals surface area contributed by atoms with Gasteiger partial charge in [-0.25, -0.2) is 0 Å². The molecular formula is C19H26N6O3S. The van der Waals surface area contributed by atoms with E-state index >= 15 is 0 Å². The summed E-state index contributed by atoms with van der Waals surface area (Å²) in [6, 6.07) is 6.89. The first kappa shape index (κ1) is 21.1. The monoisotopic (exact) mass is 418 g/mol. The van der Waals surface area contributed by atoms with E-state index in [0.717, 1.165) is 25.6 Å². The Balaban J connectivity index is 1.59. The Labute approximate surface area is 174 Å². The predicted octanol–water partition coefficient (Wildman–Crippen LogP) is 1.62. The molecule has 10 heteroatoms. The second-order valence-corrected chi connectivity index (χ2v) is 7.35. The molecule has 2 heterocycles. The first-order valence-electron chi connectivity index (χ1n) is 9.69. The van der Waals surface area contributed by atoms with Crippen molar-refractivity contribution in [2.75, 3.05) is 48.8 Å². The largest absolute Gasteiger partial charge is 0.378 e. The van der Waals surface area contributed by atoms with Gasteiger partial charge in [0.2, 0.25) is 11.9 Å². The van der Waals surface area contributed by atoms with Gasteiger partial charge in [-0.2, -0.15) is 0 Å². The molecule has 0 saturated carbocycles. The number of nitrogens with zero attached hydrogens (tertiary/aromatic N) is 4. The maximum Gasteiger partial charge on any atom is 0.251 e. The number of amides is 2. The maximum absolute atomic E-state index is 12.4. The predicted molar refractivity (Wildman–Crippen MR) is 113 cm³/mol. The van der Waals surface area contributed by atoms with Gasteiger partial charge in [-0.05, 0) is 32.0 Å². The summed E-state index contributed by atoms with van der Waals surface area (Å²) in [7, 11) is 0. The van der Waals surface area contributed by atoms with E-state index in [1.165, 1.54) is 11.8 Å². The molecule has 1 aromatic heterocycles. The molecule has 0 bridgehead atoms. The van der Waals surface area contributed by atoms with Crippen molar-refractivity contribution >= 4 is 35.2 Å². The Hall–Kier alpha value is -2.59. The number of hydrogen-bond donors (Lipinski definition) is 2. The highest BCUT2D eigenvalue weighted by atomic mass is 32.2. The number of anilines is 2. The summed E-state index contributed by atoms with van der Waals surface area (Å²) in [5.41, 5.74) is 1.10. The van der Waals surface area contributed by atoms with Gasteiger partial charge < -0.3 is 20.3 Å². The van der Waals surface area contributed by atoms with Gasteiger partial charge in [-0.3, -0.25) is 14.2 Å². The molecule has 0 aliphatic carbocycles. The lowest BCUT2D eigenvalue weighted by Gasteiger charge is -2.27. The third-order valence-corrected chi connectivity index (χ3v) is 5.35. The number of rotatable bonds is 8. The van der Waals surface area contributed by atoms with Crippen LogP contribution in [0.4, 0.5) is 11.6 Å². The fraction of sp³-hybridized carbons (Fsp3) is 0.474. The third-order valence-electron chi connectivity index (χ3n) is 4.39. The number of hydrogen-bond acceptors (Lipinski definition) is 7. The number of carbonyl (C=O) groups is 2. The molecule has 1 aliphatic heterocycles. The van der Waals surface area contributed by atoms with Gasteiger partial charge in [0.05, 0.1) is 19.0 Å². The van der Waals surface area contributed by atoms with Crippen molar-refractivity contribution in [2.45, 2.75) is 25.5 Å². The van der Waals surface area contributed by atoms with Crippen molar-refractivity contribution < 1.29 is 14.3 Å². The summed E-state index contributed by atoms with van der Waals surface area (Å²) in [5.74, 6) is 0.687. The minimum absolute atomic E-state index is 0.162. The Morgan fingerprint density at radius 1 is 1.21 bits per heavy atom. The summed E-state index contributed by atoms with van der Waals surface area (Å²) in [5, 5.41) is 14.9. The Morgan fingerprint density at radius 3 is 2.72 bits per heavy atom. The molecule has 156 valence electrons. The molecule has 0 unspecified atom stereocenters. The third kappa shape index (κ3) is 5.48. The van der Waals surface area contributed by atoms with E-state index in [1.54, 1.807) is 24.3 Å². The molecular weight excluding hydrogens is 392 g/mol. The highest BCUT2D eigenvalue weighted by Crippen LogP contribution is 2.23. The van der Waals surface area contributed by atoms with Gasteiger partial charge >= 0.3 is 0 Å². The van der Waals surface area contributed by atoms with E-state index in [2.05, 4.69) is 25.7 Å². The molecule has 3 rings (SSSR count). The average molecular weight is 419 g/mol.